The van der Waals surface area contributed by atoms with Crippen molar-refractivity contribution in [3.63, 3.8) is 0 Å². The molecule has 0 amide bonds. The Kier molecular flexibility index (Phi) is 4.61. The first kappa shape index (κ1) is 14.1. The van der Waals surface area contributed by atoms with Gasteiger partial charge in [-0.3, -0.25) is 0 Å². The van der Waals surface area contributed by atoms with Crippen LogP contribution in [0.25, 0.3) is 0 Å². The minimum Gasteiger partial charge on any atom is -0.494 e. The number of hydrogen-bond donors (Lipinski definition) is 1. The average molecular weight is 276 g/mol. The third kappa shape index (κ3) is 3.37. The molecule has 0 spiro atoms. The van der Waals surface area contributed by atoms with Gasteiger partial charge in [-0.2, -0.15) is 0 Å². The molecule has 1 N–H and O–H groups in total. The summed E-state index contributed by atoms with van der Waals surface area (Å²) in [5.74, 6) is 0.857. The fraction of sp³-hybridized carbons (Fsp3) is 0.375. The van der Waals surface area contributed by atoms with Crippen molar-refractivity contribution in [2.24, 2.45) is 0 Å². The third-order valence-corrected chi connectivity index (χ3v) is 4.02. The van der Waals surface area contributed by atoms with E-state index in [9.17, 15) is 5.11 Å². The second-order valence-electron chi connectivity index (χ2n) is 4.69. The molecular formula is C16H20O2S. The molecule has 0 fully saturated rings. The zero-order valence-corrected chi connectivity index (χ0v) is 12.5. The Hall–Kier alpha value is -1.32. The molecule has 0 saturated carbocycles. The molecular weight excluding hydrogens is 256 g/mol. The van der Waals surface area contributed by atoms with Gasteiger partial charge < -0.3 is 9.84 Å². The Morgan fingerprint density at radius 2 is 1.89 bits per heavy atom. The van der Waals surface area contributed by atoms with E-state index in [1.807, 2.05) is 24.3 Å². The summed E-state index contributed by atoms with van der Waals surface area (Å²) in [7, 11) is 0. The van der Waals surface area contributed by atoms with E-state index in [-0.39, 0.29) is 0 Å². The van der Waals surface area contributed by atoms with Gasteiger partial charge in [0.2, 0.25) is 0 Å². The quantitative estimate of drug-likeness (QED) is 0.885. The fourth-order valence-corrected chi connectivity index (χ4v) is 3.03. The highest BCUT2D eigenvalue weighted by Crippen LogP contribution is 2.31. The van der Waals surface area contributed by atoms with E-state index < -0.39 is 6.10 Å². The molecule has 1 heterocycles. The smallest absolute Gasteiger partial charge is 0.119 e. The Morgan fingerprint density at radius 1 is 1.21 bits per heavy atom. The molecule has 102 valence electrons. The fourth-order valence-electron chi connectivity index (χ4n) is 2.07. The van der Waals surface area contributed by atoms with Gasteiger partial charge in [-0.15, -0.1) is 11.3 Å². The summed E-state index contributed by atoms with van der Waals surface area (Å²) in [5, 5.41) is 10.4. The number of aliphatic hydroxyl groups excluding tert-OH is 1. The van der Waals surface area contributed by atoms with Gasteiger partial charge in [0.25, 0.3) is 0 Å². The second kappa shape index (κ2) is 6.22. The maximum Gasteiger partial charge on any atom is 0.119 e. The van der Waals surface area contributed by atoms with Crippen LogP contribution in [-0.2, 0) is 0 Å². The van der Waals surface area contributed by atoms with Crippen molar-refractivity contribution in [2.45, 2.75) is 33.3 Å². The lowest BCUT2D eigenvalue weighted by molar-refractivity contribution is 0.220. The summed E-state index contributed by atoms with van der Waals surface area (Å²) in [4.78, 5) is 2.41. The minimum absolute atomic E-state index is 0.551. The van der Waals surface area contributed by atoms with Gasteiger partial charge in [-0.1, -0.05) is 19.1 Å². The highest BCUT2D eigenvalue weighted by Gasteiger charge is 2.15. The van der Waals surface area contributed by atoms with Crippen molar-refractivity contribution in [3.8, 4) is 5.75 Å². The first-order valence-electron chi connectivity index (χ1n) is 6.59. The summed E-state index contributed by atoms with van der Waals surface area (Å²) >= 11 is 1.72. The number of aryl methyl sites for hydroxylation is 2. The normalized spacial score (nSPS) is 12.4. The molecule has 1 aromatic heterocycles. The Bertz CT molecular complexity index is 528. The van der Waals surface area contributed by atoms with E-state index in [1.54, 1.807) is 11.3 Å². The van der Waals surface area contributed by atoms with Gasteiger partial charge in [-0.25, -0.2) is 0 Å². The van der Waals surface area contributed by atoms with E-state index in [1.165, 1.54) is 9.75 Å². The van der Waals surface area contributed by atoms with Crippen LogP contribution in [0, 0.1) is 13.8 Å². The van der Waals surface area contributed by atoms with E-state index in [0.29, 0.717) is 0 Å². The molecule has 19 heavy (non-hydrogen) atoms. The van der Waals surface area contributed by atoms with Crippen molar-refractivity contribution >= 4 is 11.3 Å². The molecule has 2 nitrogen and oxygen atoms in total. The Morgan fingerprint density at radius 3 is 2.42 bits per heavy atom. The zero-order chi connectivity index (χ0) is 13.8. The predicted octanol–water partition coefficient (Wildman–Crippen LogP) is 4.24. The van der Waals surface area contributed by atoms with Crippen LogP contribution in [0.3, 0.4) is 0 Å². The van der Waals surface area contributed by atoms with Crippen LogP contribution in [0.1, 0.15) is 40.3 Å². The van der Waals surface area contributed by atoms with Gasteiger partial charge in [0, 0.05) is 9.75 Å². The average Bonchev–Trinajstić information content (AvgIpc) is 2.75. The van der Waals surface area contributed by atoms with E-state index in [4.69, 9.17) is 4.74 Å². The number of ether oxygens (including phenoxy) is 1. The van der Waals surface area contributed by atoms with Crippen molar-refractivity contribution < 1.29 is 9.84 Å². The molecule has 2 aromatic rings. The summed E-state index contributed by atoms with van der Waals surface area (Å²) in [6, 6.07) is 9.77. The highest BCUT2D eigenvalue weighted by molar-refractivity contribution is 7.12. The highest BCUT2D eigenvalue weighted by atomic mass is 32.1. The summed E-state index contributed by atoms with van der Waals surface area (Å²) in [5.41, 5.74) is 1.91. The lowest BCUT2D eigenvalue weighted by atomic mass is 10.0. The van der Waals surface area contributed by atoms with Crippen LogP contribution in [0.4, 0.5) is 0 Å². The van der Waals surface area contributed by atoms with Gasteiger partial charge >= 0.3 is 0 Å². The van der Waals surface area contributed by atoms with E-state index >= 15 is 0 Å². The van der Waals surface area contributed by atoms with Crippen LogP contribution in [0.15, 0.2) is 30.3 Å². The Balaban J connectivity index is 2.15. The molecule has 0 aliphatic heterocycles. The summed E-state index contributed by atoms with van der Waals surface area (Å²) < 4.78 is 5.54. The number of thiophene rings is 1. The molecule has 0 saturated heterocycles. The monoisotopic (exact) mass is 276 g/mol. The lowest BCUT2D eigenvalue weighted by Gasteiger charge is -2.12. The van der Waals surface area contributed by atoms with Crippen molar-refractivity contribution in [3.05, 3.63) is 51.2 Å². The first-order chi connectivity index (χ1) is 9.11. The Labute approximate surface area is 118 Å². The zero-order valence-electron chi connectivity index (χ0n) is 11.6. The molecule has 1 unspecified atom stereocenters. The molecule has 2 rings (SSSR count). The number of rotatable bonds is 5. The number of hydrogen-bond acceptors (Lipinski definition) is 3. The van der Waals surface area contributed by atoms with Crippen LogP contribution in [0.2, 0.25) is 0 Å². The summed E-state index contributed by atoms with van der Waals surface area (Å²) in [6.07, 6.45) is 0.447. The first-order valence-corrected chi connectivity index (χ1v) is 7.41. The lowest BCUT2D eigenvalue weighted by Crippen LogP contribution is -2.00. The molecule has 0 bridgehead atoms. The SMILES string of the molecule is CCCOc1ccc(C(O)c2cc(C)sc2C)cc1. The van der Waals surface area contributed by atoms with Crippen LogP contribution < -0.4 is 4.74 Å². The van der Waals surface area contributed by atoms with E-state index in [0.717, 1.165) is 29.9 Å². The standard InChI is InChI=1S/C16H20O2S/c1-4-9-18-14-7-5-13(6-8-14)16(17)15-10-11(2)19-12(15)3/h5-8,10,16-17H,4,9H2,1-3H3. The van der Waals surface area contributed by atoms with Crippen molar-refractivity contribution in [1.82, 2.24) is 0 Å². The van der Waals surface area contributed by atoms with Gasteiger partial charge in [0.05, 0.1) is 6.61 Å². The maximum atomic E-state index is 10.4. The molecule has 0 aliphatic rings. The molecule has 1 atom stereocenters. The molecule has 3 heteroatoms. The largest absolute Gasteiger partial charge is 0.494 e. The topological polar surface area (TPSA) is 29.5 Å². The van der Waals surface area contributed by atoms with Crippen LogP contribution in [0.5, 0.6) is 5.75 Å². The van der Waals surface area contributed by atoms with Crippen LogP contribution >= 0.6 is 11.3 Å². The summed E-state index contributed by atoms with van der Waals surface area (Å²) in [6.45, 7) is 6.93. The van der Waals surface area contributed by atoms with Gasteiger partial charge in [0.15, 0.2) is 0 Å². The third-order valence-electron chi connectivity index (χ3n) is 3.04. The van der Waals surface area contributed by atoms with Gasteiger partial charge in [0.1, 0.15) is 11.9 Å². The van der Waals surface area contributed by atoms with Crippen molar-refractivity contribution in [1.29, 1.82) is 0 Å². The molecule has 1 aromatic carbocycles. The van der Waals surface area contributed by atoms with E-state index in [2.05, 4.69) is 26.8 Å². The molecule has 0 aliphatic carbocycles. The second-order valence-corrected chi connectivity index (χ2v) is 6.15. The van der Waals surface area contributed by atoms with Crippen molar-refractivity contribution in [2.75, 3.05) is 6.61 Å². The molecule has 0 radical (unpaired) electrons. The minimum atomic E-state index is -0.551. The predicted molar refractivity (Wildman–Crippen MR) is 80.1 cm³/mol. The number of aliphatic hydroxyl groups is 1. The number of benzene rings is 1. The van der Waals surface area contributed by atoms with Crippen LogP contribution in [-0.4, -0.2) is 11.7 Å². The van der Waals surface area contributed by atoms with Gasteiger partial charge in [-0.05, 0) is 49.6 Å². The maximum absolute atomic E-state index is 10.4.